The van der Waals surface area contributed by atoms with Crippen molar-refractivity contribution in [3.05, 3.63) is 29.8 Å². The van der Waals surface area contributed by atoms with Crippen LogP contribution in [0.3, 0.4) is 0 Å². The highest BCUT2D eigenvalue weighted by molar-refractivity contribution is 5.49. The Kier molecular flexibility index (Phi) is 4.63. The van der Waals surface area contributed by atoms with Gasteiger partial charge in [0.1, 0.15) is 0 Å². The molecule has 1 aliphatic heterocycles. The summed E-state index contributed by atoms with van der Waals surface area (Å²) in [4.78, 5) is 2.23. The second-order valence-corrected chi connectivity index (χ2v) is 3.73. The molecule has 0 aromatic heterocycles. The lowest BCUT2D eigenvalue weighted by Crippen LogP contribution is -2.20. The number of benzene rings is 1. The van der Waals surface area contributed by atoms with E-state index in [-0.39, 0.29) is 6.10 Å². The van der Waals surface area contributed by atoms with Gasteiger partial charge in [-0.25, -0.2) is 0 Å². The molecule has 2 heteroatoms. The molecular weight excluding hydrogens is 186 g/mol. The van der Waals surface area contributed by atoms with Crippen LogP contribution < -0.4 is 4.90 Å². The van der Waals surface area contributed by atoms with Crippen LogP contribution in [-0.4, -0.2) is 24.3 Å². The summed E-state index contributed by atoms with van der Waals surface area (Å²) < 4.78 is 0. The fourth-order valence-corrected chi connectivity index (χ4v) is 1.80. The summed E-state index contributed by atoms with van der Waals surface area (Å²) in [5.41, 5.74) is 2.51. The zero-order valence-electron chi connectivity index (χ0n) is 9.90. The van der Waals surface area contributed by atoms with Gasteiger partial charge in [0.2, 0.25) is 0 Å². The van der Waals surface area contributed by atoms with Gasteiger partial charge in [0.15, 0.2) is 0 Å². The number of aliphatic hydroxyl groups excluding tert-OH is 1. The second-order valence-electron chi connectivity index (χ2n) is 3.73. The van der Waals surface area contributed by atoms with Crippen LogP contribution in [0.5, 0.6) is 0 Å². The molecule has 15 heavy (non-hydrogen) atoms. The average Bonchev–Trinajstić information content (AvgIpc) is 2.68. The summed E-state index contributed by atoms with van der Waals surface area (Å²) in [6, 6.07) is 8.43. The average molecular weight is 207 g/mol. The highest BCUT2D eigenvalue weighted by Gasteiger charge is 2.19. The molecule has 1 unspecified atom stereocenters. The van der Waals surface area contributed by atoms with Gasteiger partial charge >= 0.3 is 0 Å². The first kappa shape index (κ1) is 12.1. The van der Waals surface area contributed by atoms with Crippen molar-refractivity contribution in [1.82, 2.24) is 0 Å². The zero-order valence-corrected chi connectivity index (χ0v) is 9.90. The molecular formula is C13H21NO. The van der Waals surface area contributed by atoms with Gasteiger partial charge in [-0.15, -0.1) is 0 Å². The van der Waals surface area contributed by atoms with E-state index in [2.05, 4.69) is 36.1 Å². The van der Waals surface area contributed by atoms with E-state index in [1.807, 2.05) is 13.8 Å². The summed E-state index contributed by atoms with van der Waals surface area (Å²) in [7, 11) is 0. The molecule has 1 saturated heterocycles. The maximum atomic E-state index is 9.39. The first-order valence-corrected chi connectivity index (χ1v) is 5.75. The monoisotopic (exact) mass is 207 g/mol. The van der Waals surface area contributed by atoms with Crippen molar-refractivity contribution < 1.29 is 5.11 Å². The summed E-state index contributed by atoms with van der Waals surface area (Å²) in [6.45, 7) is 7.85. The lowest BCUT2D eigenvalue weighted by Gasteiger charge is -2.17. The van der Waals surface area contributed by atoms with Crippen LogP contribution in [0.1, 0.15) is 25.8 Å². The van der Waals surface area contributed by atoms with E-state index in [0.29, 0.717) is 0 Å². The standard InChI is InChI=1S/C11H15NO.C2H6/c1-9-3-2-4-10(7-9)12-6-5-11(13)8-12;1-2/h2-4,7,11,13H,5-6,8H2,1H3;1-2H3. The molecule has 0 spiro atoms. The molecule has 1 N–H and O–H groups in total. The van der Waals surface area contributed by atoms with Crippen LogP contribution in [0.2, 0.25) is 0 Å². The Hall–Kier alpha value is -1.02. The third-order valence-corrected chi connectivity index (χ3v) is 2.53. The minimum atomic E-state index is -0.138. The summed E-state index contributed by atoms with van der Waals surface area (Å²) in [6.07, 6.45) is 0.758. The van der Waals surface area contributed by atoms with E-state index >= 15 is 0 Å². The van der Waals surface area contributed by atoms with E-state index < -0.39 is 0 Å². The molecule has 1 fully saturated rings. The Bertz CT molecular complexity index is 298. The highest BCUT2D eigenvalue weighted by Crippen LogP contribution is 2.20. The lowest BCUT2D eigenvalue weighted by molar-refractivity contribution is 0.198. The first-order valence-electron chi connectivity index (χ1n) is 5.75. The third-order valence-electron chi connectivity index (χ3n) is 2.53. The number of nitrogens with zero attached hydrogens (tertiary/aromatic N) is 1. The van der Waals surface area contributed by atoms with E-state index in [1.54, 1.807) is 0 Å². The quantitative estimate of drug-likeness (QED) is 0.765. The molecule has 1 aliphatic rings. The molecule has 0 saturated carbocycles. The smallest absolute Gasteiger partial charge is 0.0731 e. The van der Waals surface area contributed by atoms with Crippen molar-refractivity contribution in [2.75, 3.05) is 18.0 Å². The van der Waals surface area contributed by atoms with Gasteiger partial charge in [0, 0.05) is 18.8 Å². The largest absolute Gasteiger partial charge is 0.391 e. The van der Waals surface area contributed by atoms with E-state index in [0.717, 1.165) is 19.5 Å². The number of anilines is 1. The Labute approximate surface area is 92.5 Å². The third kappa shape index (κ3) is 3.24. The van der Waals surface area contributed by atoms with Gasteiger partial charge in [0.25, 0.3) is 0 Å². The highest BCUT2D eigenvalue weighted by atomic mass is 16.3. The van der Waals surface area contributed by atoms with Crippen molar-refractivity contribution >= 4 is 5.69 Å². The van der Waals surface area contributed by atoms with E-state index in [1.165, 1.54) is 11.3 Å². The van der Waals surface area contributed by atoms with E-state index in [9.17, 15) is 5.11 Å². The summed E-state index contributed by atoms with van der Waals surface area (Å²) in [5, 5.41) is 9.39. The lowest BCUT2D eigenvalue weighted by atomic mass is 10.2. The van der Waals surface area contributed by atoms with Crippen molar-refractivity contribution in [3.8, 4) is 0 Å². The molecule has 1 atom stereocenters. The van der Waals surface area contributed by atoms with Gasteiger partial charge in [-0.1, -0.05) is 26.0 Å². The van der Waals surface area contributed by atoms with Gasteiger partial charge < -0.3 is 10.0 Å². The minimum Gasteiger partial charge on any atom is -0.391 e. The normalized spacial score (nSPS) is 19.7. The van der Waals surface area contributed by atoms with Gasteiger partial charge in [0.05, 0.1) is 6.10 Å². The summed E-state index contributed by atoms with van der Waals surface area (Å²) >= 11 is 0. The number of rotatable bonds is 1. The molecule has 2 rings (SSSR count). The fraction of sp³-hybridized carbons (Fsp3) is 0.538. The Balaban J connectivity index is 0.000000531. The second kappa shape index (κ2) is 5.76. The zero-order chi connectivity index (χ0) is 11.3. The maximum Gasteiger partial charge on any atom is 0.0731 e. The van der Waals surface area contributed by atoms with Gasteiger partial charge in [-0.3, -0.25) is 0 Å². The van der Waals surface area contributed by atoms with Crippen LogP contribution in [0, 0.1) is 6.92 Å². The predicted molar refractivity (Wildman–Crippen MR) is 65.4 cm³/mol. The van der Waals surface area contributed by atoms with Crippen molar-refractivity contribution in [2.45, 2.75) is 33.3 Å². The van der Waals surface area contributed by atoms with Crippen LogP contribution >= 0.6 is 0 Å². The molecule has 0 radical (unpaired) electrons. The molecule has 0 amide bonds. The number of aliphatic hydroxyl groups is 1. The van der Waals surface area contributed by atoms with Crippen LogP contribution in [-0.2, 0) is 0 Å². The van der Waals surface area contributed by atoms with Crippen LogP contribution in [0.4, 0.5) is 5.69 Å². The van der Waals surface area contributed by atoms with Crippen LogP contribution in [0.15, 0.2) is 24.3 Å². The fourth-order valence-electron chi connectivity index (χ4n) is 1.80. The molecule has 84 valence electrons. The Morgan fingerprint density at radius 3 is 2.60 bits per heavy atom. The van der Waals surface area contributed by atoms with Crippen molar-refractivity contribution in [2.24, 2.45) is 0 Å². The number of aryl methyl sites for hydroxylation is 1. The molecule has 1 aromatic carbocycles. The molecule has 0 bridgehead atoms. The van der Waals surface area contributed by atoms with Gasteiger partial charge in [-0.05, 0) is 31.0 Å². The number of β-amino-alcohol motifs (C(OH)–C–C–N with tert-alkyl or cyclic N) is 1. The van der Waals surface area contributed by atoms with E-state index in [4.69, 9.17) is 0 Å². The molecule has 1 aromatic rings. The van der Waals surface area contributed by atoms with Crippen molar-refractivity contribution in [1.29, 1.82) is 0 Å². The Morgan fingerprint density at radius 2 is 2.07 bits per heavy atom. The summed E-state index contributed by atoms with van der Waals surface area (Å²) in [5.74, 6) is 0. The molecule has 1 heterocycles. The topological polar surface area (TPSA) is 23.5 Å². The molecule has 2 nitrogen and oxygen atoms in total. The maximum absolute atomic E-state index is 9.39. The minimum absolute atomic E-state index is 0.138. The SMILES string of the molecule is CC.Cc1cccc(N2CCC(O)C2)c1. The van der Waals surface area contributed by atoms with Crippen molar-refractivity contribution in [3.63, 3.8) is 0 Å². The number of hydrogen-bond donors (Lipinski definition) is 1. The van der Waals surface area contributed by atoms with Crippen LogP contribution in [0.25, 0.3) is 0 Å². The first-order chi connectivity index (χ1) is 7.25. The van der Waals surface area contributed by atoms with Gasteiger partial charge in [-0.2, -0.15) is 0 Å². The Morgan fingerprint density at radius 1 is 1.33 bits per heavy atom. The number of hydrogen-bond acceptors (Lipinski definition) is 2. The molecule has 0 aliphatic carbocycles. The predicted octanol–water partition coefficient (Wildman–Crippen LogP) is 2.59.